The number of ether oxygens (including phenoxy) is 1. The fraction of sp³-hybridized carbons (Fsp3) is 0.231. The molecule has 0 N–H and O–H groups in total. The summed E-state index contributed by atoms with van der Waals surface area (Å²) in [6, 6.07) is 8.26. The van der Waals surface area contributed by atoms with Crippen molar-refractivity contribution in [1.82, 2.24) is 4.98 Å². The second-order valence-electron chi connectivity index (χ2n) is 3.92. The number of fused-ring (bicyclic) bond motifs is 3. The topological polar surface area (TPSA) is 39.2 Å². The van der Waals surface area contributed by atoms with Crippen molar-refractivity contribution in [2.24, 2.45) is 0 Å². The quantitative estimate of drug-likeness (QED) is 0.791. The molecule has 0 amide bonds. The molecule has 3 nitrogen and oxygen atoms in total. The minimum Gasteiger partial charge on any atom is -0.469 e. The smallest absolute Gasteiger partial charge is 0.312 e. The molecule has 0 bridgehead atoms. The first-order valence-corrected chi connectivity index (χ1v) is 7.35. The molecule has 18 heavy (non-hydrogen) atoms. The Kier molecular flexibility index (Phi) is 3.09. The maximum absolute atomic E-state index is 11.3. The van der Waals surface area contributed by atoms with E-state index in [-0.39, 0.29) is 12.4 Å². The zero-order valence-corrected chi connectivity index (χ0v) is 11.4. The van der Waals surface area contributed by atoms with Gasteiger partial charge in [0.2, 0.25) is 0 Å². The van der Waals surface area contributed by atoms with Crippen LogP contribution in [0.25, 0.3) is 11.3 Å². The van der Waals surface area contributed by atoms with E-state index in [4.69, 9.17) is 0 Å². The van der Waals surface area contributed by atoms with Crippen LogP contribution >= 0.6 is 23.1 Å². The SMILES string of the molecule is COC(=O)Cc1nc2c(s1)CSc1ccccc1-2. The molecule has 0 saturated carbocycles. The van der Waals surface area contributed by atoms with Crippen molar-refractivity contribution in [3.05, 3.63) is 34.2 Å². The number of hydrogen-bond acceptors (Lipinski definition) is 5. The van der Waals surface area contributed by atoms with Gasteiger partial charge in [0.25, 0.3) is 0 Å². The highest BCUT2D eigenvalue weighted by molar-refractivity contribution is 7.98. The maximum Gasteiger partial charge on any atom is 0.312 e. The van der Waals surface area contributed by atoms with E-state index in [2.05, 4.69) is 21.9 Å². The zero-order valence-electron chi connectivity index (χ0n) is 9.80. The van der Waals surface area contributed by atoms with Crippen molar-refractivity contribution in [2.45, 2.75) is 17.1 Å². The molecule has 1 aromatic carbocycles. The summed E-state index contributed by atoms with van der Waals surface area (Å²) in [5.74, 6) is 0.701. The minimum atomic E-state index is -0.234. The molecule has 2 heterocycles. The third-order valence-corrected chi connectivity index (χ3v) is 5.10. The number of rotatable bonds is 2. The Hall–Kier alpha value is -1.33. The van der Waals surface area contributed by atoms with Gasteiger partial charge in [0, 0.05) is 21.1 Å². The van der Waals surface area contributed by atoms with E-state index >= 15 is 0 Å². The van der Waals surface area contributed by atoms with Crippen LogP contribution < -0.4 is 0 Å². The van der Waals surface area contributed by atoms with Crippen LogP contribution in [-0.2, 0) is 21.7 Å². The summed E-state index contributed by atoms with van der Waals surface area (Å²) in [5.41, 5.74) is 2.21. The summed E-state index contributed by atoms with van der Waals surface area (Å²) in [4.78, 5) is 18.4. The number of thioether (sulfide) groups is 1. The van der Waals surface area contributed by atoms with Crippen LogP contribution in [0.15, 0.2) is 29.2 Å². The number of methoxy groups -OCH3 is 1. The molecule has 0 spiro atoms. The fourth-order valence-electron chi connectivity index (χ4n) is 1.91. The lowest BCUT2D eigenvalue weighted by Gasteiger charge is -2.13. The highest BCUT2D eigenvalue weighted by Crippen LogP contribution is 2.43. The maximum atomic E-state index is 11.3. The molecule has 0 aliphatic carbocycles. The van der Waals surface area contributed by atoms with Crippen LogP contribution in [0.3, 0.4) is 0 Å². The molecule has 0 unspecified atom stereocenters. The van der Waals surface area contributed by atoms with Crippen molar-refractivity contribution in [1.29, 1.82) is 0 Å². The van der Waals surface area contributed by atoms with Gasteiger partial charge in [-0.1, -0.05) is 18.2 Å². The number of hydrogen-bond donors (Lipinski definition) is 0. The van der Waals surface area contributed by atoms with Gasteiger partial charge in [0.1, 0.15) is 5.01 Å². The summed E-state index contributed by atoms with van der Waals surface area (Å²) >= 11 is 3.43. The van der Waals surface area contributed by atoms with Crippen molar-refractivity contribution in [3.63, 3.8) is 0 Å². The van der Waals surface area contributed by atoms with Gasteiger partial charge >= 0.3 is 5.97 Å². The number of benzene rings is 1. The lowest BCUT2D eigenvalue weighted by atomic mass is 10.1. The van der Waals surface area contributed by atoms with Crippen molar-refractivity contribution in [3.8, 4) is 11.3 Å². The van der Waals surface area contributed by atoms with Crippen LogP contribution in [0.5, 0.6) is 0 Å². The molecule has 0 radical (unpaired) electrons. The Labute approximate surface area is 113 Å². The first kappa shape index (κ1) is 11.7. The molecule has 1 aromatic heterocycles. The van der Waals surface area contributed by atoms with E-state index in [1.165, 1.54) is 22.4 Å². The molecule has 1 aliphatic heterocycles. The monoisotopic (exact) mass is 277 g/mol. The number of carbonyl (C=O) groups is 1. The number of esters is 1. The van der Waals surface area contributed by atoms with Gasteiger partial charge in [-0.15, -0.1) is 23.1 Å². The lowest BCUT2D eigenvalue weighted by molar-refractivity contribution is -0.139. The molecule has 0 saturated heterocycles. The van der Waals surface area contributed by atoms with Gasteiger partial charge < -0.3 is 4.74 Å². The molecule has 1 aliphatic rings. The van der Waals surface area contributed by atoms with Gasteiger partial charge in [0.15, 0.2) is 0 Å². The van der Waals surface area contributed by atoms with Gasteiger partial charge in [0.05, 0.1) is 19.2 Å². The van der Waals surface area contributed by atoms with E-state index in [1.807, 2.05) is 23.9 Å². The second-order valence-corrected chi connectivity index (χ2v) is 6.10. The summed E-state index contributed by atoms with van der Waals surface area (Å²) in [6.07, 6.45) is 0.265. The predicted octanol–water partition coefficient (Wildman–Crippen LogP) is 3.13. The standard InChI is InChI=1S/C13H11NO2S2/c1-16-12(15)6-11-14-13-8-4-2-3-5-9(8)17-7-10(13)18-11/h2-5H,6-7H2,1H3. The predicted molar refractivity (Wildman–Crippen MR) is 72.8 cm³/mol. The first-order valence-electron chi connectivity index (χ1n) is 5.55. The Morgan fingerprint density at radius 1 is 1.44 bits per heavy atom. The van der Waals surface area contributed by atoms with Crippen molar-refractivity contribution in [2.75, 3.05) is 7.11 Å². The third kappa shape index (κ3) is 2.04. The van der Waals surface area contributed by atoms with E-state index in [0.29, 0.717) is 0 Å². The summed E-state index contributed by atoms with van der Waals surface area (Å²) in [6.45, 7) is 0. The Balaban J connectivity index is 1.99. The normalized spacial score (nSPS) is 12.7. The van der Waals surface area contributed by atoms with Gasteiger partial charge in [-0.2, -0.15) is 0 Å². The molecular weight excluding hydrogens is 266 g/mol. The summed E-state index contributed by atoms with van der Waals surface area (Å²) in [5, 5.41) is 0.837. The van der Waals surface area contributed by atoms with E-state index in [9.17, 15) is 4.79 Å². The van der Waals surface area contributed by atoms with Gasteiger partial charge in [-0.05, 0) is 6.07 Å². The Morgan fingerprint density at radius 2 is 2.28 bits per heavy atom. The molecule has 0 atom stereocenters. The minimum absolute atomic E-state index is 0.234. The van der Waals surface area contributed by atoms with Crippen molar-refractivity contribution < 1.29 is 9.53 Å². The fourth-order valence-corrected chi connectivity index (χ4v) is 4.11. The number of carbonyl (C=O) groups excluding carboxylic acids is 1. The Morgan fingerprint density at radius 3 is 3.11 bits per heavy atom. The van der Waals surface area contributed by atoms with E-state index in [1.54, 1.807) is 11.3 Å². The van der Waals surface area contributed by atoms with Crippen molar-refractivity contribution >= 4 is 29.1 Å². The lowest BCUT2D eigenvalue weighted by Crippen LogP contribution is -2.03. The highest BCUT2D eigenvalue weighted by Gasteiger charge is 2.21. The summed E-state index contributed by atoms with van der Waals surface area (Å²) in [7, 11) is 1.40. The average molecular weight is 277 g/mol. The molecule has 2 aromatic rings. The number of nitrogens with zero attached hydrogens (tertiary/aromatic N) is 1. The Bertz CT molecular complexity index is 607. The number of thiazole rings is 1. The van der Waals surface area contributed by atoms with Crippen LogP contribution in [0.1, 0.15) is 9.88 Å². The molecule has 0 fully saturated rings. The number of aromatic nitrogens is 1. The van der Waals surface area contributed by atoms with Crippen LogP contribution in [-0.4, -0.2) is 18.1 Å². The molecular formula is C13H11NO2S2. The van der Waals surface area contributed by atoms with E-state index in [0.717, 1.165) is 16.5 Å². The first-order chi connectivity index (χ1) is 8.78. The highest BCUT2D eigenvalue weighted by atomic mass is 32.2. The second kappa shape index (κ2) is 4.74. The largest absolute Gasteiger partial charge is 0.469 e. The zero-order chi connectivity index (χ0) is 12.5. The van der Waals surface area contributed by atoms with E-state index < -0.39 is 0 Å². The molecule has 3 rings (SSSR count). The third-order valence-electron chi connectivity index (χ3n) is 2.77. The molecule has 92 valence electrons. The van der Waals surface area contributed by atoms with Crippen LogP contribution in [0.2, 0.25) is 0 Å². The molecule has 5 heteroatoms. The van der Waals surface area contributed by atoms with Crippen LogP contribution in [0, 0.1) is 0 Å². The average Bonchev–Trinajstić information content (AvgIpc) is 2.81. The van der Waals surface area contributed by atoms with Gasteiger partial charge in [-0.3, -0.25) is 4.79 Å². The van der Waals surface area contributed by atoms with Gasteiger partial charge in [-0.25, -0.2) is 4.98 Å². The van der Waals surface area contributed by atoms with Crippen LogP contribution in [0.4, 0.5) is 0 Å². The summed E-state index contributed by atoms with van der Waals surface area (Å²) < 4.78 is 4.68.